The molecule has 0 radical (unpaired) electrons. The molecule has 6 nitrogen and oxygen atoms in total. The van der Waals surface area contributed by atoms with E-state index >= 15 is 0 Å². The first kappa shape index (κ1) is 19.8. The highest BCUT2D eigenvalue weighted by molar-refractivity contribution is 7.09. The SMILES string of the molecule is CCOc1ccc(N2C(=O)c3ccc(C(=O)N(C)Cc4cccs4)cc3C2=O)cc1. The molecule has 0 spiro atoms. The Balaban J connectivity index is 1.58. The number of imide groups is 1. The van der Waals surface area contributed by atoms with Crippen LogP contribution in [0, 0.1) is 0 Å². The third-order valence-corrected chi connectivity index (χ3v) is 5.72. The standard InChI is InChI=1S/C23H20N2O4S/c1-3-29-17-9-7-16(8-10-17)25-22(27)19-11-6-15(13-20(19)23(25)28)21(26)24(2)14-18-5-4-12-30-18/h4-13H,3,14H2,1-2H3. The quantitative estimate of drug-likeness (QED) is 0.560. The van der Waals surface area contributed by atoms with Gasteiger partial charge >= 0.3 is 0 Å². The summed E-state index contributed by atoms with van der Waals surface area (Å²) in [7, 11) is 1.72. The molecule has 152 valence electrons. The lowest BCUT2D eigenvalue weighted by Crippen LogP contribution is -2.29. The van der Waals surface area contributed by atoms with Gasteiger partial charge in [0.1, 0.15) is 5.75 Å². The van der Waals surface area contributed by atoms with Crippen molar-refractivity contribution in [3.63, 3.8) is 0 Å². The monoisotopic (exact) mass is 420 g/mol. The fraction of sp³-hybridized carbons (Fsp3) is 0.174. The van der Waals surface area contributed by atoms with Gasteiger partial charge in [-0.05, 0) is 60.8 Å². The van der Waals surface area contributed by atoms with Gasteiger partial charge in [0.2, 0.25) is 0 Å². The van der Waals surface area contributed by atoms with E-state index in [1.165, 1.54) is 6.07 Å². The zero-order chi connectivity index (χ0) is 21.3. The van der Waals surface area contributed by atoms with Gasteiger partial charge in [-0.15, -0.1) is 11.3 Å². The lowest BCUT2D eigenvalue weighted by Gasteiger charge is -2.16. The number of thiophene rings is 1. The van der Waals surface area contributed by atoms with E-state index in [4.69, 9.17) is 4.74 Å². The van der Waals surface area contributed by atoms with Gasteiger partial charge in [-0.1, -0.05) is 6.07 Å². The van der Waals surface area contributed by atoms with Crippen molar-refractivity contribution in [1.29, 1.82) is 0 Å². The van der Waals surface area contributed by atoms with Crippen molar-refractivity contribution in [2.75, 3.05) is 18.6 Å². The van der Waals surface area contributed by atoms with E-state index in [0.717, 1.165) is 9.78 Å². The number of ether oxygens (including phenoxy) is 1. The van der Waals surface area contributed by atoms with Crippen LogP contribution in [0.3, 0.4) is 0 Å². The highest BCUT2D eigenvalue weighted by atomic mass is 32.1. The summed E-state index contributed by atoms with van der Waals surface area (Å²) < 4.78 is 5.41. The van der Waals surface area contributed by atoms with Crippen LogP contribution in [0.2, 0.25) is 0 Å². The molecule has 0 unspecified atom stereocenters. The molecule has 2 aromatic carbocycles. The summed E-state index contributed by atoms with van der Waals surface area (Å²) in [5.41, 5.74) is 1.38. The molecule has 30 heavy (non-hydrogen) atoms. The second-order valence-electron chi connectivity index (χ2n) is 6.87. The van der Waals surface area contributed by atoms with Gasteiger partial charge in [0.25, 0.3) is 17.7 Å². The van der Waals surface area contributed by atoms with Crippen LogP contribution < -0.4 is 9.64 Å². The van der Waals surface area contributed by atoms with Crippen molar-refractivity contribution in [1.82, 2.24) is 4.90 Å². The van der Waals surface area contributed by atoms with E-state index in [1.807, 2.05) is 24.4 Å². The first-order chi connectivity index (χ1) is 14.5. The van der Waals surface area contributed by atoms with Gasteiger partial charge in [0.15, 0.2) is 0 Å². The molecule has 7 heteroatoms. The average molecular weight is 420 g/mol. The second kappa shape index (κ2) is 8.12. The highest BCUT2D eigenvalue weighted by Gasteiger charge is 2.37. The number of amides is 3. The minimum absolute atomic E-state index is 0.203. The molecule has 4 rings (SSSR count). The topological polar surface area (TPSA) is 66.9 Å². The first-order valence-electron chi connectivity index (χ1n) is 9.53. The van der Waals surface area contributed by atoms with Crippen LogP contribution in [-0.2, 0) is 6.54 Å². The number of hydrogen-bond donors (Lipinski definition) is 0. The van der Waals surface area contributed by atoms with Crippen LogP contribution in [0.5, 0.6) is 5.75 Å². The van der Waals surface area contributed by atoms with Gasteiger partial charge in [0.05, 0.1) is 30.0 Å². The van der Waals surface area contributed by atoms with Crippen molar-refractivity contribution in [3.05, 3.63) is 81.5 Å². The Bertz CT molecular complexity index is 1110. The molecule has 3 aromatic rings. The predicted octanol–water partition coefficient (Wildman–Crippen LogP) is 4.22. The maximum atomic E-state index is 13.0. The number of carbonyl (C=O) groups excluding carboxylic acids is 3. The Kier molecular flexibility index (Phi) is 5.37. The van der Waals surface area contributed by atoms with Crippen LogP contribution in [0.1, 0.15) is 42.9 Å². The summed E-state index contributed by atoms with van der Waals surface area (Å²) in [4.78, 5) is 42.4. The van der Waals surface area contributed by atoms with Gasteiger partial charge in [0, 0.05) is 17.5 Å². The van der Waals surface area contributed by atoms with Crippen molar-refractivity contribution < 1.29 is 19.1 Å². The van der Waals surface area contributed by atoms with Crippen molar-refractivity contribution >= 4 is 34.7 Å². The lowest BCUT2D eigenvalue weighted by atomic mass is 10.0. The van der Waals surface area contributed by atoms with Crippen LogP contribution in [-0.4, -0.2) is 36.3 Å². The van der Waals surface area contributed by atoms with Crippen molar-refractivity contribution in [2.24, 2.45) is 0 Å². The predicted molar refractivity (Wildman–Crippen MR) is 115 cm³/mol. The van der Waals surface area contributed by atoms with Gasteiger partial charge < -0.3 is 9.64 Å². The Morgan fingerprint density at radius 2 is 1.77 bits per heavy atom. The Morgan fingerprint density at radius 3 is 2.43 bits per heavy atom. The normalized spacial score (nSPS) is 12.8. The van der Waals surface area contributed by atoms with E-state index in [1.54, 1.807) is 59.7 Å². The van der Waals surface area contributed by atoms with Crippen molar-refractivity contribution in [2.45, 2.75) is 13.5 Å². The smallest absolute Gasteiger partial charge is 0.266 e. The molecule has 0 atom stereocenters. The average Bonchev–Trinajstić information content (AvgIpc) is 3.35. The first-order valence-corrected chi connectivity index (χ1v) is 10.4. The molecule has 0 bridgehead atoms. The number of nitrogens with zero attached hydrogens (tertiary/aromatic N) is 2. The Morgan fingerprint density at radius 1 is 1.03 bits per heavy atom. The van der Waals surface area contributed by atoms with Crippen LogP contribution in [0.4, 0.5) is 5.69 Å². The lowest BCUT2D eigenvalue weighted by molar-refractivity contribution is 0.0786. The fourth-order valence-electron chi connectivity index (χ4n) is 3.39. The largest absolute Gasteiger partial charge is 0.494 e. The maximum Gasteiger partial charge on any atom is 0.266 e. The molecule has 1 aromatic heterocycles. The van der Waals surface area contributed by atoms with Crippen LogP contribution in [0.15, 0.2) is 60.0 Å². The third-order valence-electron chi connectivity index (χ3n) is 4.86. The maximum absolute atomic E-state index is 13.0. The fourth-order valence-corrected chi connectivity index (χ4v) is 4.15. The summed E-state index contributed by atoms with van der Waals surface area (Å²) in [5, 5.41) is 1.96. The molecule has 2 heterocycles. The molecule has 0 fully saturated rings. The summed E-state index contributed by atoms with van der Waals surface area (Å²) >= 11 is 1.58. The molecule has 1 aliphatic heterocycles. The number of benzene rings is 2. The van der Waals surface area contributed by atoms with E-state index in [0.29, 0.717) is 35.7 Å². The molecule has 0 N–H and O–H groups in total. The van der Waals surface area contributed by atoms with Gasteiger partial charge in [-0.3, -0.25) is 14.4 Å². The van der Waals surface area contributed by atoms with Gasteiger partial charge in [-0.25, -0.2) is 4.90 Å². The minimum Gasteiger partial charge on any atom is -0.494 e. The number of rotatable bonds is 6. The molecule has 3 amide bonds. The summed E-state index contributed by atoms with van der Waals surface area (Å²) in [6.07, 6.45) is 0. The second-order valence-corrected chi connectivity index (χ2v) is 7.91. The summed E-state index contributed by atoms with van der Waals surface area (Å²) in [5.74, 6) is -0.370. The number of carbonyl (C=O) groups is 3. The number of anilines is 1. The third kappa shape index (κ3) is 3.59. The van der Waals surface area contributed by atoms with E-state index in [-0.39, 0.29) is 11.5 Å². The molecule has 0 saturated heterocycles. The van der Waals surface area contributed by atoms with Crippen molar-refractivity contribution in [3.8, 4) is 5.75 Å². The summed E-state index contributed by atoms with van der Waals surface area (Å²) in [6.45, 7) is 2.90. The number of hydrogen-bond acceptors (Lipinski definition) is 5. The highest BCUT2D eigenvalue weighted by Crippen LogP contribution is 2.30. The molecule has 0 aliphatic carbocycles. The molecule has 0 saturated carbocycles. The van der Waals surface area contributed by atoms with Gasteiger partial charge in [-0.2, -0.15) is 0 Å². The van der Waals surface area contributed by atoms with E-state index in [2.05, 4.69) is 0 Å². The molecular weight excluding hydrogens is 400 g/mol. The van der Waals surface area contributed by atoms with E-state index in [9.17, 15) is 14.4 Å². The minimum atomic E-state index is -0.435. The Hall–Kier alpha value is -3.45. The van der Waals surface area contributed by atoms with E-state index < -0.39 is 11.8 Å². The van der Waals surface area contributed by atoms with Crippen LogP contribution in [0.25, 0.3) is 0 Å². The molecule has 1 aliphatic rings. The summed E-state index contributed by atoms with van der Waals surface area (Å²) in [6, 6.07) is 15.4. The number of fused-ring (bicyclic) bond motifs is 1. The Labute approximate surface area is 178 Å². The van der Waals surface area contributed by atoms with Crippen LogP contribution >= 0.6 is 11.3 Å². The zero-order valence-electron chi connectivity index (χ0n) is 16.6. The molecular formula is C23H20N2O4S. The zero-order valence-corrected chi connectivity index (χ0v) is 17.4.